The lowest BCUT2D eigenvalue weighted by molar-refractivity contribution is 0.511. The number of para-hydroxylation sites is 1. The molecule has 0 radical (unpaired) electrons. The fourth-order valence-electron chi connectivity index (χ4n) is 1.83. The SMILES string of the molecule is CCC(Nc1nc2ccccc2s1)C(C)C. The number of benzene rings is 1. The molecule has 0 amide bonds. The van der Waals surface area contributed by atoms with Crippen LogP contribution in [0, 0.1) is 5.92 Å². The molecule has 0 saturated heterocycles. The molecule has 2 rings (SSSR count). The van der Waals surface area contributed by atoms with Gasteiger partial charge in [-0.2, -0.15) is 0 Å². The lowest BCUT2D eigenvalue weighted by atomic mass is 10.0. The Morgan fingerprint density at radius 3 is 2.69 bits per heavy atom. The lowest BCUT2D eigenvalue weighted by Gasteiger charge is -2.19. The Kier molecular flexibility index (Phi) is 3.44. The second-order valence-electron chi connectivity index (χ2n) is 4.39. The van der Waals surface area contributed by atoms with Crippen LogP contribution in [0.15, 0.2) is 24.3 Å². The first-order chi connectivity index (χ1) is 7.70. The van der Waals surface area contributed by atoms with Gasteiger partial charge in [0.25, 0.3) is 0 Å². The quantitative estimate of drug-likeness (QED) is 0.860. The summed E-state index contributed by atoms with van der Waals surface area (Å²) in [5.74, 6) is 0.636. The van der Waals surface area contributed by atoms with Crippen LogP contribution in [0.1, 0.15) is 27.2 Å². The molecule has 1 heterocycles. The molecule has 1 N–H and O–H groups in total. The van der Waals surface area contributed by atoms with Crippen molar-refractivity contribution in [1.82, 2.24) is 4.98 Å². The first-order valence-electron chi connectivity index (χ1n) is 5.82. The normalized spacial score (nSPS) is 13.2. The molecule has 16 heavy (non-hydrogen) atoms. The predicted molar refractivity (Wildman–Crippen MR) is 72.2 cm³/mol. The van der Waals surface area contributed by atoms with Crippen molar-refractivity contribution in [1.29, 1.82) is 0 Å². The van der Waals surface area contributed by atoms with Crippen LogP contribution in [0.5, 0.6) is 0 Å². The van der Waals surface area contributed by atoms with Crippen molar-refractivity contribution in [3.05, 3.63) is 24.3 Å². The fraction of sp³-hybridized carbons (Fsp3) is 0.462. The van der Waals surface area contributed by atoms with Crippen molar-refractivity contribution in [3.8, 4) is 0 Å². The Balaban J connectivity index is 2.20. The van der Waals surface area contributed by atoms with Gasteiger partial charge in [-0.1, -0.05) is 44.2 Å². The summed E-state index contributed by atoms with van der Waals surface area (Å²) in [6, 6.07) is 8.79. The van der Waals surface area contributed by atoms with E-state index < -0.39 is 0 Å². The predicted octanol–water partition coefficient (Wildman–Crippen LogP) is 4.14. The Morgan fingerprint density at radius 1 is 1.31 bits per heavy atom. The summed E-state index contributed by atoms with van der Waals surface area (Å²) in [5.41, 5.74) is 1.09. The Bertz CT molecular complexity index is 429. The van der Waals surface area contributed by atoms with Crippen LogP contribution in [0.2, 0.25) is 0 Å². The van der Waals surface area contributed by atoms with Crippen LogP contribution in [0.3, 0.4) is 0 Å². The molecule has 2 nitrogen and oxygen atoms in total. The van der Waals surface area contributed by atoms with E-state index in [0.29, 0.717) is 12.0 Å². The maximum absolute atomic E-state index is 4.59. The van der Waals surface area contributed by atoms with E-state index in [1.54, 1.807) is 11.3 Å². The van der Waals surface area contributed by atoms with Crippen molar-refractivity contribution < 1.29 is 0 Å². The smallest absolute Gasteiger partial charge is 0.184 e. The number of fused-ring (bicyclic) bond motifs is 1. The summed E-state index contributed by atoms with van der Waals surface area (Å²) in [5, 5.41) is 4.57. The lowest BCUT2D eigenvalue weighted by Crippen LogP contribution is -2.24. The van der Waals surface area contributed by atoms with Crippen molar-refractivity contribution >= 4 is 26.7 Å². The largest absolute Gasteiger partial charge is 0.359 e. The second kappa shape index (κ2) is 4.83. The van der Waals surface area contributed by atoms with Crippen LogP contribution in [0.25, 0.3) is 10.2 Å². The fourth-order valence-corrected chi connectivity index (χ4v) is 2.76. The van der Waals surface area contributed by atoms with Gasteiger partial charge in [0, 0.05) is 6.04 Å². The highest BCUT2D eigenvalue weighted by molar-refractivity contribution is 7.22. The van der Waals surface area contributed by atoms with Crippen molar-refractivity contribution in [2.45, 2.75) is 33.2 Å². The summed E-state index contributed by atoms with van der Waals surface area (Å²) in [4.78, 5) is 4.59. The van der Waals surface area contributed by atoms with Gasteiger partial charge in [0.05, 0.1) is 10.2 Å². The molecule has 0 aliphatic carbocycles. The van der Waals surface area contributed by atoms with Gasteiger partial charge in [-0.25, -0.2) is 4.98 Å². The Labute approximate surface area is 101 Å². The molecule has 1 aromatic carbocycles. The van der Waals surface area contributed by atoms with E-state index in [0.717, 1.165) is 17.1 Å². The minimum absolute atomic E-state index is 0.514. The highest BCUT2D eigenvalue weighted by Crippen LogP contribution is 2.27. The maximum Gasteiger partial charge on any atom is 0.184 e. The number of aromatic nitrogens is 1. The van der Waals surface area contributed by atoms with Crippen LogP contribution >= 0.6 is 11.3 Å². The number of nitrogens with one attached hydrogen (secondary N) is 1. The van der Waals surface area contributed by atoms with E-state index >= 15 is 0 Å². The number of rotatable bonds is 4. The van der Waals surface area contributed by atoms with E-state index in [4.69, 9.17) is 0 Å². The van der Waals surface area contributed by atoms with Gasteiger partial charge in [-0.3, -0.25) is 0 Å². The van der Waals surface area contributed by atoms with Gasteiger partial charge in [0.1, 0.15) is 0 Å². The summed E-state index contributed by atoms with van der Waals surface area (Å²) < 4.78 is 1.25. The summed E-state index contributed by atoms with van der Waals surface area (Å²) >= 11 is 1.74. The molecule has 1 aromatic heterocycles. The van der Waals surface area contributed by atoms with Crippen LogP contribution in [-0.2, 0) is 0 Å². The number of hydrogen-bond acceptors (Lipinski definition) is 3. The molecule has 0 fully saturated rings. The van der Waals surface area contributed by atoms with E-state index in [1.165, 1.54) is 4.70 Å². The first-order valence-corrected chi connectivity index (χ1v) is 6.64. The third kappa shape index (κ3) is 2.35. The topological polar surface area (TPSA) is 24.9 Å². The molecule has 0 saturated carbocycles. The summed E-state index contributed by atoms with van der Waals surface area (Å²) in [7, 11) is 0. The number of nitrogens with zero attached hydrogens (tertiary/aromatic N) is 1. The first kappa shape index (κ1) is 11.4. The van der Waals surface area contributed by atoms with Crippen molar-refractivity contribution in [2.24, 2.45) is 5.92 Å². The Hall–Kier alpha value is -1.09. The average molecular weight is 234 g/mol. The number of hydrogen-bond donors (Lipinski definition) is 1. The monoisotopic (exact) mass is 234 g/mol. The molecule has 0 bridgehead atoms. The number of thiazole rings is 1. The molecule has 3 heteroatoms. The molecule has 2 aromatic rings. The van der Waals surface area contributed by atoms with Crippen molar-refractivity contribution in [3.63, 3.8) is 0 Å². The molecule has 86 valence electrons. The van der Waals surface area contributed by atoms with Gasteiger partial charge in [-0.15, -0.1) is 0 Å². The second-order valence-corrected chi connectivity index (χ2v) is 5.42. The number of anilines is 1. The van der Waals surface area contributed by atoms with Gasteiger partial charge < -0.3 is 5.32 Å². The minimum Gasteiger partial charge on any atom is -0.359 e. The van der Waals surface area contributed by atoms with Gasteiger partial charge in [0.2, 0.25) is 0 Å². The summed E-state index contributed by atoms with van der Waals surface area (Å²) in [6.45, 7) is 6.70. The van der Waals surface area contributed by atoms with E-state index in [9.17, 15) is 0 Å². The van der Waals surface area contributed by atoms with Crippen LogP contribution < -0.4 is 5.32 Å². The van der Waals surface area contributed by atoms with Crippen LogP contribution in [0.4, 0.5) is 5.13 Å². The van der Waals surface area contributed by atoms with Crippen molar-refractivity contribution in [2.75, 3.05) is 5.32 Å². The molecule has 1 unspecified atom stereocenters. The van der Waals surface area contributed by atoms with E-state index in [-0.39, 0.29) is 0 Å². The zero-order chi connectivity index (χ0) is 11.5. The maximum atomic E-state index is 4.59. The standard InChI is InChI=1S/C13H18N2S/c1-4-10(9(2)3)14-13-15-11-7-5-6-8-12(11)16-13/h5-10H,4H2,1-3H3,(H,14,15). The molecule has 1 atom stereocenters. The molecule has 0 aliphatic heterocycles. The molecule has 0 aliphatic rings. The third-order valence-corrected chi connectivity index (χ3v) is 3.81. The zero-order valence-corrected chi connectivity index (χ0v) is 10.8. The van der Waals surface area contributed by atoms with Crippen LogP contribution in [-0.4, -0.2) is 11.0 Å². The van der Waals surface area contributed by atoms with Gasteiger partial charge in [0.15, 0.2) is 5.13 Å². The van der Waals surface area contributed by atoms with E-state index in [1.807, 2.05) is 6.07 Å². The average Bonchev–Trinajstić information content (AvgIpc) is 2.67. The molecular formula is C13H18N2S. The third-order valence-electron chi connectivity index (χ3n) is 2.85. The molecular weight excluding hydrogens is 216 g/mol. The highest BCUT2D eigenvalue weighted by atomic mass is 32.1. The van der Waals surface area contributed by atoms with Gasteiger partial charge in [-0.05, 0) is 24.5 Å². The van der Waals surface area contributed by atoms with Gasteiger partial charge >= 0.3 is 0 Å². The zero-order valence-electron chi connectivity index (χ0n) is 10.0. The Morgan fingerprint density at radius 2 is 2.06 bits per heavy atom. The molecule has 0 spiro atoms. The minimum atomic E-state index is 0.514. The van der Waals surface area contributed by atoms with E-state index in [2.05, 4.69) is 49.3 Å². The highest BCUT2D eigenvalue weighted by Gasteiger charge is 2.12. The summed E-state index contributed by atoms with van der Waals surface area (Å²) in [6.07, 6.45) is 1.13.